The average Bonchev–Trinajstić information content (AvgIpc) is 2.30. The van der Waals surface area contributed by atoms with Crippen molar-refractivity contribution < 1.29 is 9.59 Å². The summed E-state index contributed by atoms with van der Waals surface area (Å²) in [5, 5.41) is 2.83. The molecule has 0 unspecified atom stereocenters. The Morgan fingerprint density at radius 1 is 1.50 bits per heavy atom. The van der Waals surface area contributed by atoms with Crippen molar-refractivity contribution in [3.05, 3.63) is 0 Å². The van der Waals surface area contributed by atoms with Crippen LogP contribution in [0.5, 0.6) is 0 Å². The first kappa shape index (κ1) is 11.2. The number of carbonyl (C=O) groups excluding carboxylic acids is 2. The molecule has 0 bridgehead atoms. The molecule has 1 rings (SSSR count). The van der Waals surface area contributed by atoms with E-state index in [0.717, 1.165) is 32.6 Å². The van der Waals surface area contributed by atoms with Crippen LogP contribution in [0.15, 0.2) is 0 Å². The van der Waals surface area contributed by atoms with Crippen LogP contribution in [0.1, 0.15) is 26.2 Å². The Hall–Kier alpha value is -0.900. The zero-order valence-electron chi connectivity index (χ0n) is 8.71. The van der Waals surface area contributed by atoms with E-state index in [9.17, 15) is 9.59 Å². The van der Waals surface area contributed by atoms with Crippen LogP contribution in [0.2, 0.25) is 0 Å². The van der Waals surface area contributed by atoms with Gasteiger partial charge in [0.25, 0.3) is 0 Å². The number of rotatable bonds is 4. The van der Waals surface area contributed by atoms with Gasteiger partial charge in [0.1, 0.15) is 5.78 Å². The Labute approximate surface area is 84.7 Å². The first-order valence-corrected chi connectivity index (χ1v) is 5.17. The van der Waals surface area contributed by atoms with E-state index in [0.29, 0.717) is 12.8 Å². The number of hydrogen-bond donors (Lipinski definition) is 1. The maximum absolute atomic E-state index is 11.0. The van der Waals surface area contributed by atoms with Gasteiger partial charge in [-0.1, -0.05) is 0 Å². The second kappa shape index (κ2) is 5.75. The van der Waals surface area contributed by atoms with Crippen LogP contribution < -0.4 is 5.32 Å². The summed E-state index contributed by atoms with van der Waals surface area (Å²) in [7, 11) is 0. The van der Waals surface area contributed by atoms with Crippen LogP contribution in [0, 0.1) is 0 Å². The molecule has 0 aliphatic carbocycles. The molecule has 0 saturated carbocycles. The van der Waals surface area contributed by atoms with Crippen LogP contribution in [0.3, 0.4) is 0 Å². The largest absolute Gasteiger partial charge is 0.355 e. The van der Waals surface area contributed by atoms with Gasteiger partial charge in [0.15, 0.2) is 0 Å². The van der Waals surface area contributed by atoms with Crippen LogP contribution >= 0.6 is 0 Å². The molecule has 80 valence electrons. The normalized spacial score (nSPS) is 18.8. The highest BCUT2D eigenvalue weighted by Crippen LogP contribution is 2.00. The van der Waals surface area contributed by atoms with Crippen molar-refractivity contribution in [2.75, 3.05) is 26.2 Å². The highest BCUT2D eigenvalue weighted by molar-refractivity contribution is 5.76. The van der Waals surface area contributed by atoms with Crippen molar-refractivity contribution >= 4 is 11.7 Å². The summed E-state index contributed by atoms with van der Waals surface area (Å²) in [6.07, 6.45) is 2.14. The minimum atomic E-state index is 0.138. The van der Waals surface area contributed by atoms with Crippen LogP contribution in [-0.2, 0) is 9.59 Å². The molecule has 4 nitrogen and oxygen atoms in total. The minimum absolute atomic E-state index is 0.138. The Morgan fingerprint density at radius 2 is 2.29 bits per heavy atom. The lowest BCUT2D eigenvalue weighted by atomic mass is 10.2. The topological polar surface area (TPSA) is 49.4 Å². The van der Waals surface area contributed by atoms with Gasteiger partial charge in [-0.2, -0.15) is 0 Å². The van der Waals surface area contributed by atoms with Crippen molar-refractivity contribution in [2.24, 2.45) is 0 Å². The standard InChI is InChI=1S/C10H18N2O2/c1-9(13)3-2-6-12-7-4-10(14)11-5-8-12/h2-8H2,1H3,(H,11,14). The van der Waals surface area contributed by atoms with Gasteiger partial charge in [-0.25, -0.2) is 0 Å². The molecular formula is C10H18N2O2. The third kappa shape index (κ3) is 4.37. The molecule has 0 aromatic carbocycles. The van der Waals surface area contributed by atoms with Crippen molar-refractivity contribution in [3.8, 4) is 0 Å². The summed E-state index contributed by atoms with van der Waals surface area (Å²) in [5.74, 6) is 0.382. The van der Waals surface area contributed by atoms with Crippen molar-refractivity contribution in [3.63, 3.8) is 0 Å². The van der Waals surface area contributed by atoms with Gasteiger partial charge in [-0.15, -0.1) is 0 Å². The zero-order valence-corrected chi connectivity index (χ0v) is 8.71. The monoisotopic (exact) mass is 198 g/mol. The number of Topliss-reactive ketones (excluding diaryl/α,β-unsaturated/α-hetero) is 1. The van der Waals surface area contributed by atoms with Crippen LogP contribution in [0.4, 0.5) is 0 Å². The third-order valence-electron chi connectivity index (χ3n) is 2.41. The van der Waals surface area contributed by atoms with E-state index >= 15 is 0 Å². The number of hydrogen-bond acceptors (Lipinski definition) is 3. The number of carbonyl (C=O) groups is 2. The summed E-state index contributed by atoms with van der Waals surface area (Å²) in [6, 6.07) is 0. The Balaban J connectivity index is 2.17. The molecule has 4 heteroatoms. The number of ketones is 1. The summed E-state index contributed by atoms with van der Waals surface area (Å²) >= 11 is 0. The number of amides is 1. The van der Waals surface area contributed by atoms with E-state index in [1.807, 2.05) is 0 Å². The first-order valence-electron chi connectivity index (χ1n) is 5.17. The fraction of sp³-hybridized carbons (Fsp3) is 0.800. The summed E-state index contributed by atoms with van der Waals surface area (Å²) < 4.78 is 0. The zero-order chi connectivity index (χ0) is 10.4. The van der Waals surface area contributed by atoms with E-state index in [-0.39, 0.29) is 11.7 Å². The van der Waals surface area contributed by atoms with Gasteiger partial charge in [-0.3, -0.25) is 4.79 Å². The highest BCUT2D eigenvalue weighted by Gasteiger charge is 2.12. The fourth-order valence-electron chi connectivity index (χ4n) is 1.59. The molecule has 1 saturated heterocycles. The van der Waals surface area contributed by atoms with Crippen molar-refractivity contribution in [2.45, 2.75) is 26.2 Å². The Kier molecular flexibility index (Phi) is 4.59. The summed E-state index contributed by atoms with van der Waals surface area (Å²) in [5.41, 5.74) is 0. The van der Waals surface area contributed by atoms with Gasteiger partial charge in [-0.05, 0) is 19.9 Å². The summed E-state index contributed by atoms with van der Waals surface area (Å²) in [4.78, 5) is 24.0. The minimum Gasteiger partial charge on any atom is -0.355 e. The van der Waals surface area contributed by atoms with Gasteiger partial charge in [0.2, 0.25) is 5.91 Å². The molecule has 0 radical (unpaired) electrons. The highest BCUT2D eigenvalue weighted by atomic mass is 16.1. The Morgan fingerprint density at radius 3 is 3.00 bits per heavy atom. The molecule has 1 amide bonds. The van der Waals surface area contributed by atoms with Crippen LogP contribution in [0.25, 0.3) is 0 Å². The lowest BCUT2D eigenvalue weighted by Crippen LogP contribution is -2.29. The van der Waals surface area contributed by atoms with Gasteiger partial charge in [0, 0.05) is 32.5 Å². The lowest BCUT2D eigenvalue weighted by molar-refractivity contribution is -0.120. The molecule has 14 heavy (non-hydrogen) atoms. The van der Waals surface area contributed by atoms with E-state index in [1.54, 1.807) is 6.92 Å². The molecular weight excluding hydrogens is 180 g/mol. The van der Waals surface area contributed by atoms with E-state index in [2.05, 4.69) is 10.2 Å². The molecule has 1 aliphatic heterocycles. The smallest absolute Gasteiger partial charge is 0.221 e. The molecule has 1 fully saturated rings. The predicted molar refractivity (Wildman–Crippen MR) is 54.0 cm³/mol. The maximum Gasteiger partial charge on any atom is 0.221 e. The lowest BCUT2D eigenvalue weighted by Gasteiger charge is -2.17. The van der Waals surface area contributed by atoms with Gasteiger partial charge in [0.05, 0.1) is 0 Å². The number of nitrogens with one attached hydrogen (secondary N) is 1. The fourth-order valence-corrected chi connectivity index (χ4v) is 1.59. The number of nitrogens with zero attached hydrogens (tertiary/aromatic N) is 1. The van der Waals surface area contributed by atoms with Crippen molar-refractivity contribution in [1.29, 1.82) is 0 Å². The average molecular weight is 198 g/mol. The molecule has 0 atom stereocenters. The predicted octanol–water partition coefficient (Wildman–Crippen LogP) is 0.178. The van der Waals surface area contributed by atoms with Crippen molar-refractivity contribution in [1.82, 2.24) is 10.2 Å². The molecule has 1 N–H and O–H groups in total. The Bertz CT molecular complexity index is 216. The molecule has 1 heterocycles. The van der Waals surface area contributed by atoms with E-state index in [1.165, 1.54) is 0 Å². The molecule has 0 aromatic heterocycles. The second-order valence-electron chi connectivity index (χ2n) is 3.75. The van der Waals surface area contributed by atoms with E-state index in [4.69, 9.17) is 0 Å². The van der Waals surface area contributed by atoms with Gasteiger partial charge < -0.3 is 15.0 Å². The molecule has 0 spiro atoms. The quantitative estimate of drug-likeness (QED) is 0.701. The molecule has 0 aromatic rings. The third-order valence-corrected chi connectivity index (χ3v) is 2.41. The SMILES string of the molecule is CC(=O)CCCN1CCNC(=O)CC1. The van der Waals surface area contributed by atoms with Crippen LogP contribution in [-0.4, -0.2) is 42.8 Å². The first-order chi connectivity index (χ1) is 6.68. The van der Waals surface area contributed by atoms with Gasteiger partial charge >= 0.3 is 0 Å². The summed E-state index contributed by atoms with van der Waals surface area (Å²) in [6.45, 7) is 5.01. The van der Waals surface area contributed by atoms with E-state index < -0.39 is 0 Å². The maximum atomic E-state index is 11.0. The molecule has 1 aliphatic rings. The second-order valence-corrected chi connectivity index (χ2v) is 3.75.